The fourth-order valence-electron chi connectivity index (χ4n) is 2.41. The molecular formula is C18H18N2O4. The van der Waals surface area contributed by atoms with E-state index in [-0.39, 0.29) is 5.91 Å². The van der Waals surface area contributed by atoms with Gasteiger partial charge in [0.05, 0.1) is 13.7 Å². The van der Waals surface area contributed by atoms with Gasteiger partial charge in [0.1, 0.15) is 5.52 Å². The van der Waals surface area contributed by atoms with Crippen LogP contribution in [-0.2, 0) is 0 Å². The van der Waals surface area contributed by atoms with E-state index in [0.29, 0.717) is 40.8 Å². The largest absolute Gasteiger partial charge is 0.493 e. The van der Waals surface area contributed by atoms with E-state index in [9.17, 15) is 4.79 Å². The molecule has 0 saturated heterocycles. The number of methoxy groups -OCH3 is 1. The van der Waals surface area contributed by atoms with Gasteiger partial charge < -0.3 is 19.2 Å². The van der Waals surface area contributed by atoms with Crippen LogP contribution in [0.15, 0.2) is 40.8 Å². The van der Waals surface area contributed by atoms with Crippen LogP contribution in [0.4, 0.5) is 5.69 Å². The van der Waals surface area contributed by atoms with Crippen molar-refractivity contribution >= 4 is 22.7 Å². The summed E-state index contributed by atoms with van der Waals surface area (Å²) in [6.45, 7) is 4.15. The second-order valence-corrected chi connectivity index (χ2v) is 5.17. The molecule has 0 bridgehead atoms. The average Bonchev–Trinajstić information content (AvgIpc) is 2.94. The molecular weight excluding hydrogens is 308 g/mol. The number of aryl methyl sites for hydroxylation is 1. The summed E-state index contributed by atoms with van der Waals surface area (Å²) in [6, 6.07) is 10.4. The summed E-state index contributed by atoms with van der Waals surface area (Å²) in [6.07, 6.45) is 0. The van der Waals surface area contributed by atoms with Crippen LogP contribution >= 0.6 is 0 Å². The number of aromatic nitrogens is 1. The number of benzene rings is 2. The third-order valence-corrected chi connectivity index (χ3v) is 3.48. The van der Waals surface area contributed by atoms with Gasteiger partial charge in [-0.3, -0.25) is 4.79 Å². The number of hydrogen-bond acceptors (Lipinski definition) is 5. The zero-order chi connectivity index (χ0) is 17.1. The van der Waals surface area contributed by atoms with Gasteiger partial charge in [0, 0.05) is 24.2 Å². The summed E-state index contributed by atoms with van der Waals surface area (Å²) in [5.74, 6) is 1.47. The number of oxazole rings is 1. The molecule has 0 unspecified atom stereocenters. The second kappa shape index (κ2) is 6.62. The summed E-state index contributed by atoms with van der Waals surface area (Å²) < 4.78 is 16.2. The minimum atomic E-state index is -0.241. The summed E-state index contributed by atoms with van der Waals surface area (Å²) in [4.78, 5) is 16.7. The number of carbonyl (C=O) groups excluding carboxylic acids is 1. The van der Waals surface area contributed by atoms with Crippen LogP contribution in [0.2, 0.25) is 0 Å². The molecule has 0 aliphatic heterocycles. The van der Waals surface area contributed by atoms with E-state index >= 15 is 0 Å². The Morgan fingerprint density at radius 1 is 1.21 bits per heavy atom. The molecule has 0 aliphatic rings. The molecule has 1 amide bonds. The number of nitrogens with one attached hydrogen (secondary N) is 1. The van der Waals surface area contributed by atoms with Crippen LogP contribution in [0, 0.1) is 6.92 Å². The molecule has 6 heteroatoms. The number of anilines is 1. The normalized spacial score (nSPS) is 10.6. The van der Waals surface area contributed by atoms with Crippen LogP contribution < -0.4 is 14.8 Å². The predicted molar refractivity (Wildman–Crippen MR) is 90.9 cm³/mol. The summed E-state index contributed by atoms with van der Waals surface area (Å²) in [5, 5.41) is 2.84. The molecule has 0 fully saturated rings. The van der Waals surface area contributed by atoms with Gasteiger partial charge in [0.2, 0.25) is 0 Å². The molecule has 3 aromatic rings. The highest BCUT2D eigenvalue weighted by atomic mass is 16.5. The number of rotatable bonds is 5. The number of hydrogen-bond donors (Lipinski definition) is 1. The first-order valence-corrected chi connectivity index (χ1v) is 7.60. The quantitative estimate of drug-likeness (QED) is 0.772. The lowest BCUT2D eigenvalue weighted by atomic mass is 10.1. The molecule has 0 atom stereocenters. The molecule has 1 aromatic heterocycles. The molecule has 0 aliphatic carbocycles. The molecule has 6 nitrogen and oxygen atoms in total. The number of amides is 1. The highest BCUT2D eigenvalue weighted by molar-refractivity contribution is 6.05. The number of fused-ring (bicyclic) bond motifs is 1. The maximum absolute atomic E-state index is 12.5. The van der Waals surface area contributed by atoms with Gasteiger partial charge in [-0.05, 0) is 37.3 Å². The van der Waals surface area contributed by atoms with E-state index in [1.165, 1.54) is 0 Å². The molecule has 0 saturated carbocycles. The second-order valence-electron chi connectivity index (χ2n) is 5.17. The van der Waals surface area contributed by atoms with Crippen molar-refractivity contribution in [1.82, 2.24) is 4.98 Å². The first kappa shape index (κ1) is 15.9. The molecule has 2 aromatic carbocycles. The van der Waals surface area contributed by atoms with Gasteiger partial charge in [-0.1, -0.05) is 0 Å². The molecule has 0 spiro atoms. The maximum Gasteiger partial charge on any atom is 0.255 e. The monoisotopic (exact) mass is 326 g/mol. The summed E-state index contributed by atoms with van der Waals surface area (Å²) in [5.41, 5.74) is 2.51. The Morgan fingerprint density at radius 3 is 2.79 bits per heavy atom. The molecule has 3 rings (SSSR count). The number of carbonyl (C=O) groups is 1. The highest BCUT2D eigenvalue weighted by Gasteiger charge is 2.12. The van der Waals surface area contributed by atoms with E-state index in [4.69, 9.17) is 13.9 Å². The van der Waals surface area contributed by atoms with Gasteiger partial charge >= 0.3 is 0 Å². The Balaban J connectivity index is 1.83. The Bertz CT molecular complexity index is 886. The third kappa shape index (κ3) is 3.17. The Kier molecular flexibility index (Phi) is 4.37. The van der Waals surface area contributed by atoms with Crippen LogP contribution in [0.3, 0.4) is 0 Å². The van der Waals surface area contributed by atoms with Crippen molar-refractivity contribution in [1.29, 1.82) is 0 Å². The van der Waals surface area contributed by atoms with Gasteiger partial charge in [0.25, 0.3) is 5.91 Å². The van der Waals surface area contributed by atoms with Gasteiger partial charge in [-0.2, -0.15) is 0 Å². The first-order valence-electron chi connectivity index (χ1n) is 7.60. The standard InChI is InChI=1S/C18H18N2O4/c1-4-23-17-9-12(5-8-15(17)22-3)18(21)20-13-6-7-14-16(10-13)24-11(2)19-14/h5-10H,4H2,1-3H3,(H,20,21). The first-order chi connectivity index (χ1) is 11.6. The van der Waals surface area contributed by atoms with Crippen LogP contribution in [0.1, 0.15) is 23.2 Å². The average molecular weight is 326 g/mol. The zero-order valence-electron chi connectivity index (χ0n) is 13.8. The fourth-order valence-corrected chi connectivity index (χ4v) is 2.41. The van der Waals surface area contributed by atoms with Crippen molar-refractivity contribution in [3.05, 3.63) is 47.9 Å². The van der Waals surface area contributed by atoms with Crippen LogP contribution in [0.25, 0.3) is 11.1 Å². The number of ether oxygens (including phenoxy) is 2. The van der Waals surface area contributed by atoms with Gasteiger partial charge in [-0.15, -0.1) is 0 Å². The van der Waals surface area contributed by atoms with Crippen molar-refractivity contribution in [2.24, 2.45) is 0 Å². The van der Waals surface area contributed by atoms with Crippen molar-refractivity contribution < 1.29 is 18.7 Å². The fraction of sp³-hybridized carbons (Fsp3) is 0.222. The highest BCUT2D eigenvalue weighted by Crippen LogP contribution is 2.28. The van der Waals surface area contributed by atoms with E-state index in [0.717, 1.165) is 5.52 Å². The molecule has 1 N–H and O–H groups in total. The van der Waals surface area contributed by atoms with Crippen molar-refractivity contribution in [3.8, 4) is 11.5 Å². The molecule has 0 radical (unpaired) electrons. The minimum Gasteiger partial charge on any atom is -0.493 e. The molecule has 124 valence electrons. The van der Waals surface area contributed by atoms with Crippen molar-refractivity contribution in [2.45, 2.75) is 13.8 Å². The van der Waals surface area contributed by atoms with Crippen LogP contribution in [0.5, 0.6) is 11.5 Å². The smallest absolute Gasteiger partial charge is 0.255 e. The van der Waals surface area contributed by atoms with E-state index in [2.05, 4.69) is 10.3 Å². The molecule has 1 heterocycles. The summed E-state index contributed by atoms with van der Waals surface area (Å²) >= 11 is 0. The maximum atomic E-state index is 12.5. The Labute approximate surface area is 139 Å². The van der Waals surface area contributed by atoms with E-state index in [1.807, 2.05) is 6.92 Å². The third-order valence-electron chi connectivity index (χ3n) is 3.48. The predicted octanol–water partition coefficient (Wildman–Crippen LogP) is 3.80. The van der Waals surface area contributed by atoms with E-state index < -0.39 is 0 Å². The van der Waals surface area contributed by atoms with Crippen molar-refractivity contribution in [2.75, 3.05) is 19.0 Å². The lowest BCUT2D eigenvalue weighted by molar-refractivity contribution is 0.102. The number of nitrogens with zero attached hydrogens (tertiary/aromatic N) is 1. The lowest BCUT2D eigenvalue weighted by Gasteiger charge is -2.11. The SMILES string of the molecule is CCOc1cc(C(=O)Nc2ccc3nc(C)oc3c2)ccc1OC. The van der Waals surface area contributed by atoms with Gasteiger partial charge in [-0.25, -0.2) is 4.98 Å². The topological polar surface area (TPSA) is 73.6 Å². The van der Waals surface area contributed by atoms with Crippen molar-refractivity contribution in [3.63, 3.8) is 0 Å². The van der Waals surface area contributed by atoms with E-state index in [1.54, 1.807) is 50.4 Å². The Morgan fingerprint density at radius 2 is 2.04 bits per heavy atom. The van der Waals surface area contributed by atoms with Gasteiger partial charge in [0.15, 0.2) is 23.0 Å². The molecule has 24 heavy (non-hydrogen) atoms. The lowest BCUT2D eigenvalue weighted by Crippen LogP contribution is -2.12. The van der Waals surface area contributed by atoms with Crippen LogP contribution in [-0.4, -0.2) is 24.6 Å². The zero-order valence-corrected chi connectivity index (χ0v) is 13.8. The Hall–Kier alpha value is -3.02. The summed E-state index contributed by atoms with van der Waals surface area (Å²) in [7, 11) is 1.56. The minimum absolute atomic E-state index is 0.241.